The maximum Gasteiger partial charge on any atom is 0.309 e. The summed E-state index contributed by atoms with van der Waals surface area (Å²) in [6, 6.07) is 9.39. The van der Waals surface area contributed by atoms with Crippen molar-refractivity contribution in [2.75, 3.05) is 0 Å². The van der Waals surface area contributed by atoms with Crippen LogP contribution in [-0.4, -0.2) is 17.0 Å². The zero-order valence-electron chi connectivity index (χ0n) is 10.6. The molecule has 0 aliphatic carbocycles. The zero-order chi connectivity index (χ0) is 13.5. The molecule has 1 N–H and O–H groups in total. The Morgan fingerprint density at radius 1 is 1.17 bits per heavy atom. The molecule has 4 nitrogen and oxygen atoms in total. The van der Waals surface area contributed by atoms with Crippen LogP contribution in [0.3, 0.4) is 0 Å². The minimum Gasteiger partial charge on any atom is -0.481 e. The van der Waals surface area contributed by atoms with Gasteiger partial charge in [-0.1, -0.05) is 44.2 Å². The number of aliphatic carboxylic acids is 1. The Morgan fingerprint density at radius 2 is 1.78 bits per heavy atom. The first-order valence-electron chi connectivity index (χ1n) is 5.94. The zero-order valence-corrected chi connectivity index (χ0v) is 10.6. The predicted octanol–water partition coefficient (Wildman–Crippen LogP) is 2.48. The van der Waals surface area contributed by atoms with Gasteiger partial charge in [-0.2, -0.15) is 0 Å². The van der Waals surface area contributed by atoms with E-state index < -0.39 is 17.8 Å². The molecule has 18 heavy (non-hydrogen) atoms. The highest BCUT2D eigenvalue weighted by Crippen LogP contribution is 2.14. The van der Waals surface area contributed by atoms with E-state index in [-0.39, 0.29) is 12.6 Å². The van der Waals surface area contributed by atoms with Gasteiger partial charge in [0, 0.05) is 0 Å². The first kappa shape index (κ1) is 14.2. The van der Waals surface area contributed by atoms with Crippen LogP contribution in [0.1, 0.15) is 25.8 Å². The van der Waals surface area contributed by atoms with Gasteiger partial charge in [0.1, 0.15) is 6.61 Å². The second-order valence-electron chi connectivity index (χ2n) is 4.47. The Bertz CT molecular complexity index is 400. The highest BCUT2D eigenvalue weighted by Gasteiger charge is 2.21. The van der Waals surface area contributed by atoms with Gasteiger partial charge in [-0.25, -0.2) is 0 Å². The molecular formula is C14H18O4. The Balaban J connectivity index is 2.39. The summed E-state index contributed by atoms with van der Waals surface area (Å²) in [5, 5.41) is 8.77. The standard InChI is InChI=1S/C14H18O4/c1-10(13(15)16)8-11(2)14(17)18-9-12-6-4-3-5-7-12/h3-7,10-11H,8-9H2,1-2H3,(H,15,16)/t10-,11-/m1/s1. The Hall–Kier alpha value is -1.84. The van der Waals surface area contributed by atoms with E-state index in [2.05, 4.69) is 0 Å². The number of hydrogen-bond donors (Lipinski definition) is 1. The minimum atomic E-state index is -0.891. The summed E-state index contributed by atoms with van der Waals surface area (Å²) in [5.74, 6) is -2.19. The van der Waals surface area contributed by atoms with Crippen molar-refractivity contribution < 1.29 is 19.4 Å². The SMILES string of the molecule is C[C@H](C[C@@H](C)C(=O)OCc1ccccc1)C(=O)O. The number of esters is 1. The van der Waals surface area contributed by atoms with E-state index in [0.717, 1.165) is 5.56 Å². The van der Waals surface area contributed by atoms with Crippen LogP contribution in [-0.2, 0) is 20.9 Å². The summed E-state index contributed by atoms with van der Waals surface area (Å²) >= 11 is 0. The number of carbonyl (C=O) groups is 2. The summed E-state index contributed by atoms with van der Waals surface area (Å²) in [4.78, 5) is 22.3. The second kappa shape index (κ2) is 6.79. The molecule has 0 fully saturated rings. The molecule has 4 heteroatoms. The average Bonchev–Trinajstić information content (AvgIpc) is 2.36. The number of hydrogen-bond acceptors (Lipinski definition) is 3. The molecule has 0 unspecified atom stereocenters. The fourth-order valence-electron chi connectivity index (χ4n) is 1.60. The summed E-state index contributed by atoms with van der Waals surface area (Å²) in [6.45, 7) is 3.50. The van der Waals surface area contributed by atoms with E-state index in [4.69, 9.17) is 9.84 Å². The summed E-state index contributed by atoms with van der Waals surface area (Å²) < 4.78 is 5.14. The fraction of sp³-hybridized carbons (Fsp3) is 0.429. The Labute approximate surface area is 107 Å². The van der Waals surface area contributed by atoms with Gasteiger partial charge in [0.15, 0.2) is 0 Å². The molecule has 0 radical (unpaired) electrons. The van der Waals surface area contributed by atoms with E-state index >= 15 is 0 Å². The van der Waals surface area contributed by atoms with Gasteiger partial charge in [0.05, 0.1) is 11.8 Å². The van der Waals surface area contributed by atoms with Crippen LogP contribution in [0.2, 0.25) is 0 Å². The monoisotopic (exact) mass is 250 g/mol. The fourth-order valence-corrected chi connectivity index (χ4v) is 1.60. The Kier molecular flexibility index (Phi) is 5.36. The molecule has 0 saturated carbocycles. The van der Waals surface area contributed by atoms with Crippen molar-refractivity contribution >= 4 is 11.9 Å². The number of carboxylic acid groups (broad SMARTS) is 1. The third kappa shape index (κ3) is 4.57. The van der Waals surface area contributed by atoms with E-state index in [1.807, 2.05) is 30.3 Å². The lowest BCUT2D eigenvalue weighted by Crippen LogP contribution is -2.20. The third-order valence-corrected chi connectivity index (χ3v) is 2.75. The largest absolute Gasteiger partial charge is 0.481 e. The van der Waals surface area contributed by atoms with E-state index in [1.54, 1.807) is 13.8 Å². The third-order valence-electron chi connectivity index (χ3n) is 2.75. The lowest BCUT2D eigenvalue weighted by atomic mass is 9.98. The van der Waals surface area contributed by atoms with Gasteiger partial charge in [-0.05, 0) is 12.0 Å². The Morgan fingerprint density at radius 3 is 2.33 bits per heavy atom. The maximum absolute atomic E-state index is 11.7. The average molecular weight is 250 g/mol. The van der Waals surface area contributed by atoms with E-state index in [1.165, 1.54) is 0 Å². The molecule has 2 atom stereocenters. The first-order chi connectivity index (χ1) is 8.50. The molecule has 0 aliphatic rings. The van der Waals surface area contributed by atoms with Crippen LogP contribution in [0.4, 0.5) is 0 Å². The van der Waals surface area contributed by atoms with Crippen molar-refractivity contribution in [1.82, 2.24) is 0 Å². The van der Waals surface area contributed by atoms with Crippen molar-refractivity contribution in [2.24, 2.45) is 11.8 Å². The quantitative estimate of drug-likeness (QED) is 0.788. The normalized spacial score (nSPS) is 13.7. The van der Waals surface area contributed by atoms with Gasteiger partial charge in [0.25, 0.3) is 0 Å². The van der Waals surface area contributed by atoms with E-state index in [9.17, 15) is 9.59 Å². The molecular weight excluding hydrogens is 232 g/mol. The molecule has 98 valence electrons. The van der Waals surface area contributed by atoms with Crippen LogP contribution in [0.15, 0.2) is 30.3 Å². The van der Waals surface area contributed by atoms with Crippen LogP contribution >= 0.6 is 0 Å². The predicted molar refractivity (Wildman–Crippen MR) is 66.8 cm³/mol. The molecule has 0 spiro atoms. The first-order valence-corrected chi connectivity index (χ1v) is 5.94. The van der Waals surface area contributed by atoms with Gasteiger partial charge in [-0.3, -0.25) is 9.59 Å². The molecule has 0 bridgehead atoms. The van der Waals surface area contributed by atoms with Crippen molar-refractivity contribution in [3.8, 4) is 0 Å². The number of rotatable bonds is 6. The number of benzene rings is 1. The molecule has 1 aromatic rings. The minimum absolute atomic E-state index is 0.228. The lowest BCUT2D eigenvalue weighted by Gasteiger charge is -2.13. The second-order valence-corrected chi connectivity index (χ2v) is 4.47. The highest BCUT2D eigenvalue weighted by atomic mass is 16.5. The molecule has 0 amide bonds. The highest BCUT2D eigenvalue weighted by molar-refractivity contribution is 5.74. The summed E-state index contributed by atoms with van der Waals surface area (Å²) in [5.41, 5.74) is 0.921. The van der Waals surface area contributed by atoms with Crippen LogP contribution in [0.25, 0.3) is 0 Å². The topological polar surface area (TPSA) is 63.6 Å². The number of carbonyl (C=O) groups excluding carboxylic acids is 1. The molecule has 1 rings (SSSR count). The number of ether oxygens (including phenoxy) is 1. The summed E-state index contributed by atoms with van der Waals surface area (Å²) in [6.07, 6.45) is 0.295. The molecule has 0 aliphatic heterocycles. The van der Waals surface area contributed by atoms with Crippen LogP contribution in [0, 0.1) is 11.8 Å². The van der Waals surface area contributed by atoms with Crippen molar-refractivity contribution in [3.05, 3.63) is 35.9 Å². The van der Waals surface area contributed by atoms with E-state index in [0.29, 0.717) is 6.42 Å². The van der Waals surface area contributed by atoms with Crippen molar-refractivity contribution in [2.45, 2.75) is 26.9 Å². The van der Waals surface area contributed by atoms with Gasteiger partial charge in [0.2, 0.25) is 0 Å². The molecule has 0 saturated heterocycles. The maximum atomic E-state index is 11.7. The summed E-state index contributed by atoms with van der Waals surface area (Å²) in [7, 11) is 0. The van der Waals surface area contributed by atoms with Gasteiger partial charge < -0.3 is 9.84 Å². The van der Waals surface area contributed by atoms with Crippen LogP contribution < -0.4 is 0 Å². The van der Waals surface area contributed by atoms with Gasteiger partial charge >= 0.3 is 11.9 Å². The van der Waals surface area contributed by atoms with Crippen molar-refractivity contribution in [1.29, 1.82) is 0 Å². The van der Waals surface area contributed by atoms with Crippen molar-refractivity contribution in [3.63, 3.8) is 0 Å². The number of carboxylic acids is 1. The van der Waals surface area contributed by atoms with Gasteiger partial charge in [-0.15, -0.1) is 0 Å². The smallest absolute Gasteiger partial charge is 0.309 e. The molecule has 0 aromatic heterocycles. The molecule has 0 heterocycles. The van der Waals surface area contributed by atoms with Crippen LogP contribution in [0.5, 0.6) is 0 Å². The lowest BCUT2D eigenvalue weighted by molar-refractivity contribution is -0.150. The molecule has 1 aromatic carbocycles.